The van der Waals surface area contributed by atoms with Crippen molar-refractivity contribution in [1.29, 1.82) is 0 Å². The monoisotopic (exact) mass is 248 g/mol. The molecule has 72 valence electrons. The van der Waals surface area contributed by atoms with E-state index >= 15 is 0 Å². The molecule has 1 saturated carbocycles. The molecule has 1 fully saturated rings. The molecule has 0 aromatic rings. The SMILES string of the molecule is ClCC1CCCC1CC(Cl)(Cl)Cl. The first-order valence-electron chi connectivity index (χ1n) is 4.15. The van der Waals surface area contributed by atoms with Crippen LogP contribution in [0.3, 0.4) is 0 Å². The molecule has 12 heavy (non-hydrogen) atoms. The fourth-order valence-corrected chi connectivity index (χ4v) is 2.88. The minimum Gasteiger partial charge on any atom is -0.126 e. The summed E-state index contributed by atoms with van der Waals surface area (Å²) in [5, 5.41) is 0. The summed E-state index contributed by atoms with van der Waals surface area (Å²) in [7, 11) is 0. The molecule has 2 atom stereocenters. The van der Waals surface area contributed by atoms with Crippen molar-refractivity contribution >= 4 is 46.4 Å². The van der Waals surface area contributed by atoms with Crippen molar-refractivity contribution in [1.82, 2.24) is 0 Å². The fourth-order valence-electron chi connectivity index (χ4n) is 1.88. The fraction of sp³-hybridized carbons (Fsp3) is 1.00. The van der Waals surface area contributed by atoms with Gasteiger partial charge in [0.05, 0.1) is 0 Å². The lowest BCUT2D eigenvalue weighted by Gasteiger charge is -2.21. The molecule has 0 aliphatic heterocycles. The van der Waals surface area contributed by atoms with Gasteiger partial charge in [-0.3, -0.25) is 0 Å². The summed E-state index contributed by atoms with van der Waals surface area (Å²) >= 11 is 23.0. The van der Waals surface area contributed by atoms with Crippen LogP contribution in [0.5, 0.6) is 0 Å². The molecular weight excluding hydrogens is 238 g/mol. The van der Waals surface area contributed by atoms with Gasteiger partial charge in [-0.15, -0.1) is 11.6 Å². The number of halogens is 4. The van der Waals surface area contributed by atoms with Crippen LogP contribution in [-0.4, -0.2) is 9.67 Å². The normalized spacial score (nSPS) is 31.0. The zero-order valence-electron chi connectivity index (χ0n) is 6.70. The van der Waals surface area contributed by atoms with Gasteiger partial charge < -0.3 is 0 Å². The summed E-state index contributed by atoms with van der Waals surface area (Å²) < 4.78 is -1.10. The van der Waals surface area contributed by atoms with Crippen molar-refractivity contribution in [2.24, 2.45) is 11.8 Å². The molecule has 1 aliphatic carbocycles. The summed E-state index contributed by atoms with van der Waals surface area (Å²) in [6.45, 7) is 0. The summed E-state index contributed by atoms with van der Waals surface area (Å²) in [6.07, 6.45) is 4.22. The van der Waals surface area contributed by atoms with Gasteiger partial charge in [0.1, 0.15) is 0 Å². The van der Waals surface area contributed by atoms with Gasteiger partial charge in [0.25, 0.3) is 0 Å². The second-order valence-corrected chi connectivity index (χ2v) is 6.25. The van der Waals surface area contributed by atoms with E-state index in [2.05, 4.69) is 0 Å². The van der Waals surface area contributed by atoms with Gasteiger partial charge in [0.2, 0.25) is 0 Å². The van der Waals surface area contributed by atoms with Crippen LogP contribution in [0.25, 0.3) is 0 Å². The number of rotatable bonds is 2. The Hall–Kier alpha value is 1.16. The van der Waals surface area contributed by atoms with E-state index in [1.807, 2.05) is 0 Å². The third-order valence-corrected chi connectivity index (χ3v) is 3.37. The Kier molecular flexibility index (Phi) is 4.30. The van der Waals surface area contributed by atoms with Crippen LogP contribution in [0.2, 0.25) is 0 Å². The first-order chi connectivity index (χ1) is 5.53. The van der Waals surface area contributed by atoms with Crippen molar-refractivity contribution in [2.45, 2.75) is 29.5 Å². The highest BCUT2D eigenvalue weighted by atomic mass is 35.6. The maximum atomic E-state index is 5.80. The van der Waals surface area contributed by atoms with Gasteiger partial charge >= 0.3 is 0 Å². The Balaban J connectivity index is 2.41. The van der Waals surface area contributed by atoms with E-state index in [1.54, 1.807) is 0 Å². The molecule has 4 heteroatoms. The number of alkyl halides is 4. The average Bonchev–Trinajstić information content (AvgIpc) is 2.31. The van der Waals surface area contributed by atoms with Crippen LogP contribution in [0.4, 0.5) is 0 Å². The van der Waals surface area contributed by atoms with Crippen LogP contribution >= 0.6 is 46.4 Å². The van der Waals surface area contributed by atoms with Gasteiger partial charge in [0.15, 0.2) is 3.79 Å². The van der Waals surface area contributed by atoms with Crippen molar-refractivity contribution in [2.75, 3.05) is 5.88 Å². The van der Waals surface area contributed by atoms with E-state index in [-0.39, 0.29) is 0 Å². The van der Waals surface area contributed by atoms with Crippen molar-refractivity contribution < 1.29 is 0 Å². The highest BCUT2D eigenvalue weighted by molar-refractivity contribution is 6.67. The number of hydrogen-bond donors (Lipinski definition) is 0. The Bertz CT molecular complexity index is 140. The summed E-state index contributed by atoms with van der Waals surface area (Å²) in [6, 6.07) is 0. The minimum atomic E-state index is -1.10. The maximum absolute atomic E-state index is 5.80. The molecule has 0 radical (unpaired) electrons. The van der Waals surface area contributed by atoms with Crippen molar-refractivity contribution in [3.05, 3.63) is 0 Å². The lowest BCUT2D eigenvalue weighted by Crippen LogP contribution is -2.16. The zero-order chi connectivity index (χ0) is 9.19. The van der Waals surface area contributed by atoms with Crippen LogP contribution < -0.4 is 0 Å². The highest BCUT2D eigenvalue weighted by Crippen LogP contribution is 2.42. The van der Waals surface area contributed by atoms with Gasteiger partial charge in [-0.05, 0) is 31.1 Å². The second-order valence-electron chi connectivity index (χ2n) is 3.42. The molecule has 1 aliphatic rings. The van der Waals surface area contributed by atoms with Gasteiger partial charge in [-0.2, -0.15) is 0 Å². The molecule has 0 heterocycles. The smallest absolute Gasteiger partial charge is 0.126 e. The van der Waals surface area contributed by atoms with E-state index in [9.17, 15) is 0 Å². The molecule has 0 N–H and O–H groups in total. The van der Waals surface area contributed by atoms with E-state index in [0.29, 0.717) is 24.1 Å². The largest absolute Gasteiger partial charge is 0.190 e. The predicted octanol–water partition coefficient (Wildman–Crippen LogP) is 4.40. The Labute approximate surface area is 93.5 Å². The van der Waals surface area contributed by atoms with E-state index in [0.717, 1.165) is 6.42 Å². The van der Waals surface area contributed by atoms with Crippen LogP contribution in [-0.2, 0) is 0 Å². The zero-order valence-corrected chi connectivity index (χ0v) is 9.73. The van der Waals surface area contributed by atoms with Crippen LogP contribution in [0, 0.1) is 11.8 Å². The molecule has 0 nitrogen and oxygen atoms in total. The Morgan fingerprint density at radius 1 is 1.08 bits per heavy atom. The molecule has 0 spiro atoms. The molecular formula is C8H12Cl4. The van der Waals surface area contributed by atoms with Crippen LogP contribution in [0.1, 0.15) is 25.7 Å². The van der Waals surface area contributed by atoms with Crippen molar-refractivity contribution in [3.8, 4) is 0 Å². The molecule has 0 aromatic carbocycles. The molecule has 0 saturated heterocycles. The standard InChI is InChI=1S/C8H12Cl4/c9-5-7-3-1-2-6(7)4-8(10,11)12/h6-7H,1-5H2. The Morgan fingerprint density at radius 2 is 1.67 bits per heavy atom. The Morgan fingerprint density at radius 3 is 2.17 bits per heavy atom. The van der Waals surface area contributed by atoms with Gasteiger partial charge in [-0.25, -0.2) is 0 Å². The first kappa shape index (κ1) is 11.2. The average molecular weight is 250 g/mol. The molecule has 0 aromatic heterocycles. The molecule has 2 unspecified atom stereocenters. The predicted molar refractivity (Wildman–Crippen MR) is 56.5 cm³/mol. The third-order valence-electron chi connectivity index (χ3n) is 2.51. The van der Waals surface area contributed by atoms with E-state index in [1.165, 1.54) is 12.8 Å². The van der Waals surface area contributed by atoms with Crippen LogP contribution in [0.15, 0.2) is 0 Å². The maximum Gasteiger partial charge on any atom is 0.190 e. The summed E-state index contributed by atoms with van der Waals surface area (Å²) in [4.78, 5) is 0. The van der Waals surface area contributed by atoms with E-state index < -0.39 is 3.79 Å². The first-order valence-corrected chi connectivity index (χ1v) is 5.82. The number of hydrogen-bond acceptors (Lipinski definition) is 0. The van der Waals surface area contributed by atoms with Gasteiger partial charge in [0, 0.05) is 5.88 Å². The molecule has 1 rings (SSSR count). The topological polar surface area (TPSA) is 0 Å². The van der Waals surface area contributed by atoms with Gasteiger partial charge in [-0.1, -0.05) is 41.2 Å². The quantitative estimate of drug-likeness (QED) is 0.637. The summed E-state index contributed by atoms with van der Waals surface area (Å²) in [5.74, 6) is 1.77. The highest BCUT2D eigenvalue weighted by Gasteiger charge is 2.33. The molecule has 0 amide bonds. The summed E-state index contributed by atoms with van der Waals surface area (Å²) in [5.41, 5.74) is 0. The lowest BCUT2D eigenvalue weighted by molar-refractivity contribution is 0.399. The lowest BCUT2D eigenvalue weighted by atomic mass is 9.95. The minimum absolute atomic E-state index is 0.509. The molecule has 0 bridgehead atoms. The van der Waals surface area contributed by atoms with Crippen molar-refractivity contribution in [3.63, 3.8) is 0 Å². The van der Waals surface area contributed by atoms with E-state index in [4.69, 9.17) is 46.4 Å². The third kappa shape index (κ3) is 3.49. The second kappa shape index (κ2) is 4.59.